The van der Waals surface area contributed by atoms with Gasteiger partial charge in [0.25, 0.3) is 0 Å². The van der Waals surface area contributed by atoms with E-state index in [-0.39, 0.29) is 42.7 Å². The van der Waals surface area contributed by atoms with Crippen molar-refractivity contribution in [1.29, 1.82) is 0 Å². The summed E-state index contributed by atoms with van der Waals surface area (Å²) < 4.78 is 5.02. The van der Waals surface area contributed by atoms with Gasteiger partial charge in [0.2, 0.25) is 11.6 Å². The molecule has 1 aliphatic rings. The molecule has 1 aromatic carbocycles. The molecule has 6 heteroatoms. The number of carbonyl (C=O) groups is 2. The Morgan fingerprint density at radius 1 is 1.38 bits per heavy atom. The molecule has 0 spiro atoms. The number of rotatable bonds is 4. The van der Waals surface area contributed by atoms with Crippen LogP contribution in [-0.4, -0.2) is 35.6 Å². The highest BCUT2D eigenvalue weighted by molar-refractivity contribution is 6.50. The lowest BCUT2D eigenvalue weighted by atomic mass is 10.0. The van der Waals surface area contributed by atoms with E-state index < -0.39 is 0 Å². The molecule has 0 amide bonds. The summed E-state index contributed by atoms with van der Waals surface area (Å²) in [6.07, 6.45) is 1.00. The van der Waals surface area contributed by atoms with Crippen molar-refractivity contribution in [2.75, 3.05) is 18.9 Å². The fraction of sp³-hybridized carbons (Fsp3) is 0.267. The van der Waals surface area contributed by atoms with Gasteiger partial charge in [-0.2, -0.15) is 0 Å². The highest BCUT2D eigenvalue weighted by Gasteiger charge is 2.25. The second-order valence-electron chi connectivity index (χ2n) is 4.64. The Kier molecular flexibility index (Phi) is 4.49. The largest absolute Gasteiger partial charge is 0.487 e. The summed E-state index contributed by atoms with van der Waals surface area (Å²) in [5, 5.41) is 8.66. The SMILES string of the molecule is Cc1cc(N=C2CC(=O)C(OCCO)=CC2=O)ccc1N. The van der Waals surface area contributed by atoms with E-state index in [1.807, 2.05) is 6.92 Å². The van der Waals surface area contributed by atoms with Crippen molar-refractivity contribution in [3.8, 4) is 0 Å². The average molecular weight is 288 g/mol. The van der Waals surface area contributed by atoms with Gasteiger partial charge in [-0.1, -0.05) is 0 Å². The van der Waals surface area contributed by atoms with Crippen molar-refractivity contribution in [3.05, 3.63) is 35.6 Å². The quantitative estimate of drug-likeness (QED) is 0.807. The zero-order chi connectivity index (χ0) is 15.4. The molecule has 0 radical (unpaired) electrons. The number of hydrogen-bond donors (Lipinski definition) is 2. The molecule has 0 aromatic heterocycles. The van der Waals surface area contributed by atoms with Crippen LogP contribution in [0.15, 0.2) is 35.0 Å². The fourth-order valence-corrected chi connectivity index (χ4v) is 1.87. The van der Waals surface area contributed by atoms with E-state index in [2.05, 4.69) is 4.99 Å². The molecule has 2 rings (SSSR count). The first kappa shape index (κ1) is 14.9. The van der Waals surface area contributed by atoms with Gasteiger partial charge in [0, 0.05) is 11.8 Å². The second kappa shape index (κ2) is 6.32. The summed E-state index contributed by atoms with van der Waals surface area (Å²) in [6.45, 7) is 1.60. The lowest BCUT2D eigenvalue weighted by Gasteiger charge is -2.13. The van der Waals surface area contributed by atoms with Crippen molar-refractivity contribution in [3.63, 3.8) is 0 Å². The van der Waals surface area contributed by atoms with Crippen molar-refractivity contribution < 1.29 is 19.4 Å². The third kappa shape index (κ3) is 3.55. The molecule has 0 bridgehead atoms. The van der Waals surface area contributed by atoms with E-state index in [0.717, 1.165) is 11.6 Å². The van der Waals surface area contributed by atoms with E-state index >= 15 is 0 Å². The highest BCUT2D eigenvalue weighted by atomic mass is 16.5. The molecule has 6 nitrogen and oxygen atoms in total. The van der Waals surface area contributed by atoms with Gasteiger partial charge in [-0.15, -0.1) is 0 Å². The lowest BCUT2D eigenvalue weighted by molar-refractivity contribution is -0.120. The van der Waals surface area contributed by atoms with Crippen LogP contribution in [0.3, 0.4) is 0 Å². The summed E-state index contributed by atoms with van der Waals surface area (Å²) in [4.78, 5) is 28.0. The Bertz CT molecular complexity index is 647. The average Bonchev–Trinajstić information content (AvgIpc) is 2.45. The number of benzene rings is 1. The topological polar surface area (TPSA) is 102 Å². The number of aliphatic imine (C=N–C) groups is 1. The van der Waals surface area contributed by atoms with Crippen LogP contribution in [0.25, 0.3) is 0 Å². The molecule has 0 unspecified atom stereocenters. The minimum absolute atomic E-state index is 0.0194. The van der Waals surface area contributed by atoms with Gasteiger partial charge >= 0.3 is 0 Å². The maximum atomic E-state index is 11.9. The third-order valence-electron chi connectivity index (χ3n) is 3.02. The summed E-state index contributed by atoms with van der Waals surface area (Å²) >= 11 is 0. The number of aryl methyl sites for hydroxylation is 1. The first-order valence-electron chi connectivity index (χ1n) is 6.48. The Morgan fingerprint density at radius 3 is 2.81 bits per heavy atom. The zero-order valence-corrected chi connectivity index (χ0v) is 11.6. The van der Waals surface area contributed by atoms with Crippen molar-refractivity contribution >= 4 is 28.7 Å². The zero-order valence-electron chi connectivity index (χ0n) is 11.6. The Morgan fingerprint density at radius 2 is 2.14 bits per heavy atom. The second-order valence-corrected chi connectivity index (χ2v) is 4.64. The predicted molar refractivity (Wildman–Crippen MR) is 78.4 cm³/mol. The minimum atomic E-state index is -0.364. The molecule has 0 heterocycles. The number of ether oxygens (including phenoxy) is 1. The summed E-state index contributed by atoms with van der Waals surface area (Å²) in [7, 11) is 0. The molecular formula is C15H16N2O4. The van der Waals surface area contributed by atoms with Crippen LogP contribution in [0.4, 0.5) is 11.4 Å². The van der Waals surface area contributed by atoms with Gasteiger partial charge in [-0.05, 0) is 30.7 Å². The number of ketones is 2. The van der Waals surface area contributed by atoms with Crippen molar-refractivity contribution in [1.82, 2.24) is 0 Å². The fourth-order valence-electron chi connectivity index (χ4n) is 1.87. The van der Waals surface area contributed by atoms with E-state index in [0.29, 0.717) is 11.4 Å². The molecule has 21 heavy (non-hydrogen) atoms. The molecule has 3 N–H and O–H groups in total. The molecular weight excluding hydrogens is 272 g/mol. The molecule has 0 saturated carbocycles. The number of carbonyl (C=O) groups excluding carboxylic acids is 2. The number of hydrogen-bond acceptors (Lipinski definition) is 6. The molecule has 0 saturated heterocycles. The summed E-state index contributed by atoms with van der Waals surface area (Å²) in [5.74, 6) is -0.715. The molecule has 0 aliphatic heterocycles. The summed E-state index contributed by atoms with van der Waals surface area (Å²) in [5.41, 5.74) is 7.96. The van der Waals surface area contributed by atoms with E-state index in [4.69, 9.17) is 15.6 Å². The smallest absolute Gasteiger partial charge is 0.204 e. The minimum Gasteiger partial charge on any atom is -0.487 e. The number of nitrogen functional groups attached to an aromatic ring is 1. The van der Waals surface area contributed by atoms with Crippen molar-refractivity contribution in [2.45, 2.75) is 13.3 Å². The molecule has 110 valence electrons. The van der Waals surface area contributed by atoms with Crippen LogP contribution < -0.4 is 5.73 Å². The Labute approximate surface area is 121 Å². The van der Waals surface area contributed by atoms with E-state index in [9.17, 15) is 9.59 Å². The number of anilines is 1. The van der Waals surface area contributed by atoms with Crippen molar-refractivity contribution in [2.24, 2.45) is 4.99 Å². The lowest BCUT2D eigenvalue weighted by Crippen LogP contribution is -2.25. The van der Waals surface area contributed by atoms with Gasteiger partial charge in [-0.25, -0.2) is 4.99 Å². The van der Waals surface area contributed by atoms with Crippen LogP contribution in [0.5, 0.6) is 0 Å². The highest BCUT2D eigenvalue weighted by Crippen LogP contribution is 2.21. The monoisotopic (exact) mass is 288 g/mol. The van der Waals surface area contributed by atoms with E-state index in [1.165, 1.54) is 0 Å². The van der Waals surface area contributed by atoms with Gasteiger partial charge in [0.1, 0.15) is 6.61 Å². The molecule has 1 aliphatic carbocycles. The number of nitrogens with zero attached hydrogens (tertiary/aromatic N) is 1. The standard InChI is InChI=1S/C15H16N2O4/c1-9-6-10(2-3-11(9)16)17-12-7-14(20)15(8-13(12)19)21-5-4-18/h2-3,6,8,18H,4-5,7,16H2,1H3. The predicted octanol–water partition coefficient (Wildman–Crippen LogP) is 1.08. The number of aliphatic hydroxyl groups is 1. The molecule has 0 atom stereocenters. The number of aliphatic hydroxyl groups excluding tert-OH is 1. The maximum Gasteiger partial charge on any atom is 0.204 e. The first-order valence-corrected chi connectivity index (χ1v) is 6.48. The van der Waals surface area contributed by atoms with Crippen LogP contribution in [0, 0.1) is 6.92 Å². The van der Waals surface area contributed by atoms with Gasteiger partial charge < -0.3 is 15.6 Å². The van der Waals surface area contributed by atoms with Crippen LogP contribution >= 0.6 is 0 Å². The molecule has 0 fully saturated rings. The van der Waals surface area contributed by atoms with Gasteiger partial charge in [-0.3, -0.25) is 9.59 Å². The Balaban J connectivity index is 2.24. The van der Waals surface area contributed by atoms with Gasteiger partial charge in [0.15, 0.2) is 5.76 Å². The van der Waals surface area contributed by atoms with Crippen LogP contribution in [0.2, 0.25) is 0 Å². The summed E-state index contributed by atoms with van der Waals surface area (Å²) in [6, 6.07) is 5.14. The third-order valence-corrected chi connectivity index (χ3v) is 3.02. The van der Waals surface area contributed by atoms with Gasteiger partial charge in [0.05, 0.1) is 24.4 Å². The van der Waals surface area contributed by atoms with Crippen LogP contribution in [-0.2, 0) is 14.3 Å². The number of nitrogens with two attached hydrogens (primary N) is 1. The maximum absolute atomic E-state index is 11.9. The number of Topliss-reactive ketones (excluding diaryl/α,β-unsaturated/α-hetero) is 1. The molecule has 1 aromatic rings. The first-order chi connectivity index (χ1) is 10.0. The normalized spacial score (nSPS) is 17.0. The number of allylic oxidation sites excluding steroid dienone is 2. The Hall–Kier alpha value is -2.47. The van der Waals surface area contributed by atoms with Crippen LogP contribution in [0.1, 0.15) is 12.0 Å². The van der Waals surface area contributed by atoms with E-state index in [1.54, 1.807) is 18.2 Å².